The fraction of sp³-hybridized carbons (Fsp3) is 0.353. The Morgan fingerprint density at radius 2 is 1.95 bits per heavy atom. The third-order valence-corrected chi connectivity index (χ3v) is 2.98. The van der Waals surface area contributed by atoms with E-state index in [0.29, 0.717) is 6.61 Å². The zero-order valence-corrected chi connectivity index (χ0v) is 12.1. The fourth-order valence-electron chi connectivity index (χ4n) is 1.88. The summed E-state index contributed by atoms with van der Waals surface area (Å²) in [7, 11) is 0. The average molecular weight is 258 g/mol. The van der Waals surface area contributed by atoms with Crippen molar-refractivity contribution in [1.82, 2.24) is 0 Å². The van der Waals surface area contributed by atoms with E-state index in [-0.39, 0.29) is 5.97 Å². The van der Waals surface area contributed by atoms with Crippen LogP contribution >= 0.6 is 0 Å². The van der Waals surface area contributed by atoms with Crippen LogP contribution in [-0.4, -0.2) is 12.6 Å². The minimum atomic E-state index is -0.284. The largest absolute Gasteiger partial charge is 0.463 e. The molecule has 0 atom stereocenters. The maximum Gasteiger partial charge on any atom is 0.331 e. The van der Waals surface area contributed by atoms with E-state index in [1.54, 1.807) is 13.0 Å². The quantitative estimate of drug-likeness (QED) is 0.556. The first-order chi connectivity index (χ1) is 8.93. The van der Waals surface area contributed by atoms with E-state index in [4.69, 9.17) is 4.74 Å². The Morgan fingerprint density at radius 3 is 2.47 bits per heavy atom. The number of hydrogen-bond donors (Lipinski definition) is 0. The Morgan fingerprint density at radius 1 is 1.26 bits per heavy atom. The molecule has 0 aromatic rings. The summed E-state index contributed by atoms with van der Waals surface area (Å²) in [5.74, 6) is -0.284. The normalized spacial score (nSPS) is 17.3. The van der Waals surface area contributed by atoms with E-state index in [0.717, 1.165) is 35.1 Å². The van der Waals surface area contributed by atoms with Crippen LogP contribution < -0.4 is 0 Å². The second-order valence-corrected chi connectivity index (χ2v) is 4.80. The van der Waals surface area contributed by atoms with Crippen molar-refractivity contribution in [3.8, 4) is 0 Å². The van der Waals surface area contributed by atoms with Gasteiger partial charge in [0.1, 0.15) is 0 Å². The molecule has 0 heterocycles. The van der Waals surface area contributed by atoms with Gasteiger partial charge in [0.05, 0.1) is 6.61 Å². The van der Waals surface area contributed by atoms with Gasteiger partial charge in [0.25, 0.3) is 0 Å². The van der Waals surface area contributed by atoms with Gasteiger partial charge in [-0.05, 0) is 50.3 Å². The molecule has 0 aromatic heterocycles. The molecule has 0 unspecified atom stereocenters. The van der Waals surface area contributed by atoms with Crippen molar-refractivity contribution in [3.05, 3.63) is 59.3 Å². The number of hydrogen-bond acceptors (Lipinski definition) is 2. The van der Waals surface area contributed by atoms with Gasteiger partial charge in [0.2, 0.25) is 0 Å². The highest BCUT2D eigenvalue weighted by Gasteiger charge is 2.10. The number of rotatable bonds is 4. The molecule has 1 aliphatic rings. The van der Waals surface area contributed by atoms with Crippen LogP contribution in [0, 0.1) is 0 Å². The van der Waals surface area contributed by atoms with Gasteiger partial charge in [-0.2, -0.15) is 0 Å². The highest BCUT2D eigenvalue weighted by molar-refractivity contribution is 5.83. The minimum Gasteiger partial charge on any atom is -0.463 e. The molecule has 102 valence electrons. The van der Waals surface area contributed by atoms with Crippen LogP contribution in [0.15, 0.2) is 59.3 Å². The zero-order valence-electron chi connectivity index (χ0n) is 12.1. The van der Waals surface area contributed by atoms with Crippen LogP contribution in [0.1, 0.15) is 33.6 Å². The Bertz CT molecular complexity index is 487. The van der Waals surface area contributed by atoms with Gasteiger partial charge < -0.3 is 4.74 Å². The van der Waals surface area contributed by atoms with E-state index < -0.39 is 0 Å². The Balaban J connectivity index is 3.04. The number of carbonyl (C=O) groups excluding carboxylic acids is 1. The van der Waals surface area contributed by atoms with Crippen molar-refractivity contribution in [3.63, 3.8) is 0 Å². The van der Waals surface area contributed by atoms with Gasteiger partial charge in [0.15, 0.2) is 0 Å². The van der Waals surface area contributed by atoms with Crippen molar-refractivity contribution in [1.29, 1.82) is 0 Å². The third-order valence-electron chi connectivity index (χ3n) is 2.98. The summed E-state index contributed by atoms with van der Waals surface area (Å²) < 4.78 is 4.95. The molecule has 1 rings (SSSR count). The first-order valence-corrected chi connectivity index (χ1v) is 6.55. The molecule has 0 aliphatic heterocycles. The second kappa shape index (κ2) is 6.93. The molecule has 0 fully saturated rings. The smallest absolute Gasteiger partial charge is 0.331 e. The van der Waals surface area contributed by atoms with Crippen LogP contribution in [-0.2, 0) is 9.53 Å². The molecular formula is C17H22O2. The van der Waals surface area contributed by atoms with Crippen molar-refractivity contribution in [2.45, 2.75) is 33.6 Å². The van der Waals surface area contributed by atoms with Gasteiger partial charge >= 0.3 is 5.97 Å². The van der Waals surface area contributed by atoms with Crippen LogP contribution in [0.5, 0.6) is 0 Å². The molecule has 2 heteroatoms. The lowest BCUT2D eigenvalue weighted by atomic mass is 10.0. The van der Waals surface area contributed by atoms with E-state index in [1.165, 1.54) is 5.57 Å². The summed E-state index contributed by atoms with van der Waals surface area (Å²) in [6.07, 6.45) is 7.38. The molecule has 0 bridgehead atoms. The van der Waals surface area contributed by atoms with Crippen LogP contribution in [0.4, 0.5) is 0 Å². The lowest BCUT2D eigenvalue weighted by Gasteiger charge is -2.05. The zero-order chi connectivity index (χ0) is 14.4. The maximum absolute atomic E-state index is 11.5. The number of esters is 1. The monoisotopic (exact) mass is 258 g/mol. The van der Waals surface area contributed by atoms with Gasteiger partial charge in [-0.1, -0.05) is 36.5 Å². The molecule has 0 aromatic carbocycles. The summed E-state index contributed by atoms with van der Waals surface area (Å²) in [6, 6.07) is 0. The van der Waals surface area contributed by atoms with Crippen molar-refractivity contribution in [2.75, 3.05) is 6.61 Å². The maximum atomic E-state index is 11.5. The van der Waals surface area contributed by atoms with Gasteiger partial charge in [-0.25, -0.2) is 4.79 Å². The molecule has 2 nitrogen and oxygen atoms in total. The van der Waals surface area contributed by atoms with E-state index in [1.807, 2.05) is 19.9 Å². The van der Waals surface area contributed by atoms with Crippen molar-refractivity contribution >= 4 is 5.97 Å². The second-order valence-electron chi connectivity index (χ2n) is 4.80. The van der Waals surface area contributed by atoms with E-state index in [2.05, 4.69) is 19.2 Å². The first kappa shape index (κ1) is 15.2. The summed E-state index contributed by atoms with van der Waals surface area (Å²) >= 11 is 0. The van der Waals surface area contributed by atoms with Crippen LogP contribution in [0.3, 0.4) is 0 Å². The Hall–Kier alpha value is -1.83. The summed E-state index contributed by atoms with van der Waals surface area (Å²) in [5, 5.41) is 0. The predicted molar refractivity (Wildman–Crippen MR) is 79.7 cm³/mol. The van der Waals surface area contributed by atoms with Gasteiger partial charge in [-0.3, -0.25) is 0 Å². The van der Waals surface area contributed by atoms with Crippen LogP contribution in [0.2, 0.25) is 0 Å². The lowest BCUT2D eigenvalue weighted by Crippen LogP contribution is -2.00. The summed E-state index contributed by atoms with van der Waals surface area (Å²) in [6.45, 7) is 14.1. The van der Waals surface area contributed by atoms with Crippen LogP contribution in [0.25, 0.3) is 0 Å². The van der Waals surface area contributed by atoms with Gasteiger partial charge in [0, 0.05) is 6.08 Å². The van der Waals surface area contributed by atoms with E-state index in [9.17, 15) is 4.79 Å². The number of allylic oxidation sites excluding steroid dienone is 7. The van der Waals surface area contributed by atoms with Crippen molar-refractivity contribution < 1.29 is 9.53 Å². The SMILES string of the molecule is C=C(C)C1=C/C(=C/C(=O)OCC)CCC(C(=C)C)=C1. The highest BCUT2D eigenvalue weighted by Crippen LogP contribution is 2.27. The summed E-state index contributed by atoms with van der Waals surface area (Å²) in [5.41, 5.74) is 5.27. The minimum absolute atomic E-state index is 0.284. The Kier molecular flexibility index (Phi) is 5.56. The molecule has 0 saturated carbocycles. The molecule has 0 amide bonds. The number of ether oxygens (including phenoxy) is 1. The molecule has 0 saturated heterocycles. The number of carbonyl (C=O) groups is 1. The topological polar surface area (TPSA) is 26.3 Å². The van der Waals surface area contributed by atoms with E-state index >= 15 is 0 Å². The van der Waals surface area contributed by atoms with Gasteiger partial charge in [-0.15, -0.1) is 0 Å². The molecule has 1 aliphatic carbocycles. The molecule has 0 spiro atoms. The highest BCUT2D eigenvalue weighted by atomic mass is 16.5. The molecule has 19 heavy (non-hydrogen) atoms. The Labute approximate surface area is 115 Å². The lowest BCUT2D eigenvalue weighted by molar-refractivity contribution is -0.137. The first-order valence-electron chi connectivity index (χ1n) is 6.55. The molecular weight excluding hydrogens is 236 g/mol. The predicted octanol–water partition coefficient (Wildman–Crippen LogP) is 4.27. The summed E-state index contributed by atoms with van der Waals surface area (Å²) in [4.78, 5) is 11.5. The molecule has 0 N–H and O–H groups in total. The standard InChI is InChI=1S/C17H22O2/c1-6-19-17(18)10-14-7-8-15(12(2)3)11-16(9-14)13(4)5/h9-11H,2,4,6-8H2,1,3,5H3/b14-10+. The third kappa shape index (κ3) is 4.74. The molecule has 0 radical (unpaired) electrons. The fourth-order valence-corrected chi connectivity index (χ4v) is 1.88. The van der Waals surface area contributed by atoms with Crippen molar-refractivity contribution in [2.24, 2.45) is 0 Å². The average Bonchev–Trinajstić information content (AvgIpc) is 2.52.